The maximum atomic E-state index is 12.2. The third-order valence-corrected chi connectivity index (χ3v) is 3.14. The van der Waals surface area contributed by atoms with Crippen molar-refractivity contribution in [3.63, 3.8) is 0 Å². The summed E-state index contributed by atoms with van der Waals surface area (Å²) in [5, 5.41) is 0. The molecule has 0 saturated carbocycles. The molecule has 0 bridgehead atoms. The molecule has 0 aliphatic carbocycles. The zero-order chi connectivity index (χ0) is 16.1. The molecule has 2 heterocycles. The second kappa shape index (κ2) is 6.57. The number of pyridine rings is 1. The molecule has 0 aliphatic rings. The van der Waals surface area contributed by atoms with Crippen LogP contribution in [0.1, 0.15) is 21.0 Å². The van der Waals surface area contributed by atoms with Gasteiger partial charge in [0, 0.05) is 11.8 Å². The van der Waals surface area contributed by atoms with Gasteiger partial charge in [-0.1, -0.05) is 36.4 Å². The molecular weight excluding hydrogens is 294 g/mol. The lowest BCUT2D eigenvalue weighted by Gasteiger charge is -2.07. The third-order valence-electron chi connectivity index (χ3n) is 3.14. The summed E-state index contributed by atoms with van der Waals surface area (Å²) < 4.78 is 5.24. The SMILES string of the molecule is O=C(NNC(=O)c1occc1-c1ccccc1)c1ccccn1. The van der Waals surface area contributed by atoms with E-state index in [2.05, 4.69) is 15.8 Å². The second-order valence-corrected chi connectivity index (χ2v) is 4.65. The van der Waals surface area contributed by atoms with E-state index < -0.39 is 11.8 Å². The van der Waals surface area contributed by atoms with E-state index in [9.17, 15) is 9.59 Å². The van der Waals surface area contributed by atoms with E-state index >= 15 is 0 Å². The topological polar surface area (TPSA) is 84.2 Å². The highest BCUT2D eigenvalue weighted by molar-refractivity contribution is 6.00. The molecule has 6 nitrogen and oxygen atoms in total. The van der Waals surface area contributed by atoms with Gasteiger partial charge in [0.15, 0.2) is 0 Å². The van der Waals surface area contributed by atoms with Gasteiger partial charge >= 0.3 is 5.91 Å². The van der Waals surface area contributed by atoms with Gasteiger partial charge in [0.25, 0.3) is 5.91 Å². The van der Waals surface area contributed by atoms with Gasteiger partial charge in [-0.25, -0.2) is 0 Å². The number of benzene rings is 1. The van der Waals surface area contributed by atoms with Crippen molar-refractivity contribution >= 4 is 11.8 Å². The van der Waals surface area contributed by atoms with Crippen LogP contribution in [-0.2, 0) is 0 Å². The zero-order valence-corrected chi connectivity index (χ0v) is 12.0. The molecule has 2 amide bonds. The van der Waals surface area contributed by atoms with Crippen molar-refractivity contribution in [1.29, 1.82) is 0 Å². The van der Waals surface area contributed by atoms with Gasteiger partial charge in [0.2, 0.25) is 5.76 Å². The van der Waals surface area contributed by atoms with Gasteiger partial charge in [-0.05, 0) is 23.8 Å². The first-order valence-electron chi connectivity index (χ1n) is 6.90. The van der Waals surface area contributed by atoms with Gasteiger partial charge in [0.05, 0.1) is 6.26 Å². The predicted octanol–water partition coefficient (Wildman–Crippen LogP) is 2.42. The molecular formula is C17H13N3O3. The normalized spacial score (nSPS) is 10.1. The summed E-state index contributed by atoms with van der Waals surface area (Å²) in [6.45, 7) is 0. The smallest absolute Gasteiger partial charge is 0.306 e. The maximum Gasteiger partial charge on any atom is 0.306 e. The fourth-order valence-electron chi connectivity index (χ4n) is 2.06. The van der Waals surface area contributed by atoms with Crippen LogP contribution >= 0.6 is 0 Å². The lowest BCUT2D eigenvalue weighted by atomic mass is 10.1. The van der Waals surface area contributed by atoms with Crippen LogP contribution in [0, 0.1) is 0 Å². The lowest BCUT2D eigenvalue weighted by Crippen LogP contribution is -2.41. The highest BCUT2D eigenvalue weighted by Crippen LogP contribution is 2.24. The first-order valence-corrected chi connectivity index (χ1v) is 6.90. The third kappa shape index (κ3) is 3.26. The van der Waals surface area contributed by atoms with Crippen molar-refractivity contribution in [1.82, 2.24) is 15.8 Å². The highest BCUT2D eigenvalue weighted by atomic mass is 16.3. The van der Waals surface area contributed by atoms with Crippen LogP contribution in [0.5, 0.6) is 0 Å². The molecule has 0 saturated heterocycles. The number of hydrogen-bond acceptors (Lipinski definition) is 4. The van der Waals surface area contributed by atoms with Crippen LogP contribution in [0.25, 0.3) is 11.1 Å². The minimum atomic E-state index is -0.543. The average Bonchev–Trinajstić information content (AvgIpc) is 3.11. The molecule has 2 aromatic heterocycles. The van der Waals surface area contributed by atoms with E-state index in [1.165, 1.54) is 12.5 Å². The molecule has 6 heteroatoms. The van der Waals surface area contributed by atoms with Crippen LogP contribution in [0.2, 0.25) is 0 Å². The number of nitrogens with one attached hydrogen (secondary N) is 2. The number of hydrazine groups is 1. The van der Waals surface area contributed by atoms with Gasteiger partial charge in [-0.2, -0.15) is 0 Å². The predicted molar refractivity (Wildman–Crippen MR) is 83.3 cm³/mol. The average molecular weight is 307 g/mol. The molecule has 3 aromatic rings. The van der Waals surface area contributed by atoms with E-state index in [0.717, 1.165) is 5.56 Å². The Morgan fingerprint density at radius 2 is 1.61 bits per heavy atom. The minimum absolute atomic E-state index is 0.123. The summed E-state index contributed by atoms with van der Waals surface area (Å²) in [5.41, 5.74) is 6.33. The Kier molecular flexibility index (Phi) is 4.15. The van der Waals surface area contributed by atoms with Crippen molar-refractivity contribution in [3.8, 4) is 11.1 Å². The number of aromatic nitrogens is 1. The van der Waals surface area contributed by atoms with Crippen molar-refractivity contribution in [2.45, 2.75) is 0 Å². The highest BCUT2D eigenvalue weighted by Gasteiger charge is 2.17. The zero-order valence-electron chi connectivity index (χ0n) is 12.0. The van der Waals surface area contributed by atoms with E-state index in [0.29, 0.717) is 5.56 Å². The fraction of sp³-hybridized carbons (Fsp3) is 0. The molecule has 3 rings (SSSR count). The standard InChI is InChI=1S/C17H13N3O3/c21-16(14-8-4-5-10-18-14)19-20-17(22)15-13(9-11-23-15)12-6-2-1-3-7-12/h1-11H,(H,19,21)(H,20,22). The summed E-state index contributed by atoms with van der Waals surface area (Å²) in [5.74, 6) is -0.928. The molecule has 2 N–H and O–H groups in total. The largest absolute Gasteiger partial charge is 0.458 e. The molecule has 0 unspecified atom stereocenters. The molecule has 1 aromatic carbocycles. The van der Waals surface area contributed by atoms with Crippen molar-refractivity contribution in [2.75, 3.05) is 0 Å². The molecule has 0 spiro atoms. The first-order chi connectivity index (χ1) is 11.3. The summed E-state index contributed by atoms with van der Waals surface area (Å²) in [7, 11) is 0. The number of carbonyl (C=O) groups excluding carboxylic acids is 2. The number of furan rings is 1. The monoisotopic (exact) mass is 307 g/mol. The van der Waals surface area contributed by atoms with E-state index in [-0.39, 0.29) is 11.5 Å². The fourth-order valence-corrected chi connectivity index (χ4v) is 2.06. The molecule has 23 heavy (non-hydrogen) atoms. The Morgan fingerprint density at radius 3 is 2.35 bits per heavy atom. The minimum Gasteiger partial charge on any atom is -0.458 e. The van der Waals surface area contributed by atoms with Crippen LogP contribution in [-0.4, -0.2) is 16.8 Å². The number of nitrogens with zero attached hydrogens (tertiary/aromatic N) is 1. The summed E-state index contributed by atoms with van der Waals surface area (Å²) in [4.78, 5) is 27.9. The summed E-state index contributed by atoms with van der Waals surface area (Å²) >= 11 is 0. The Bertz CT molecular complexity index is 813. The van der Waals surface area contributed by atoms with E-state index in [1.54, 1.807) is 24.3 Å². The summed E-state index contributed by atoms with van der Waals surface area (Å²) in [6.07, 6.45) is 2.93. The Hall–Kier alpha value is -3.41. The quantitative estimate of drug-likeness (QED) is 0.728. The molecule has 0 aliphatic heterocycles. The Labute approximate surface area is 132 Å². The molecule has 0 fully saturated rings. The summed E-state index contributed by atoms with van der Waals surface area (Å²) in [6, 6.07) is 16.0. The van der Waals surface area contributed by atoms with Crippen molar-refractivity contribution < 1.29 is 14.0 Å². The number of hydrogen-bond donors (Lipinski definition) is 2. The van der Waals surface area contributed by atoms with Crippen molar-refractivity contribution in [3.05, 3.63) is 78.5 Å². The second-order valence-electron chi connectivity index (χ2n) is 4.65. The van der Waals surface area contributed by atoms with Crippen LogP contribution in [0.4, 0.5) is 0 Å². The van der Waals surface area contributed by atoms with Crippen LogP contribution in [0.3, 0.4) is 0 Å². The maximum absolute atomic E-state index is 12.2. The van der Waals surface area contributed by atoms with Gasteiger partial charge < -0.3 is 4.42 Å². The molecule has 0 atom stereocenters. The number of rotatable bonds is 3. The number of amides is 2. The van der Waals surface area contributed by atoms with E-state index in [1.807, 2.05) is 30.3 Å². The lowest BCUT2D eigenvalue weighted by molar-refractivity contribution is 0.0829. The van der Waals surface area contributed by atoms with Gasteiger partial charge in [-0.3, -0.25) is 25.4 Å². The molecule has 114 valence electrons. The van der Waals surface area contributed by atoms with Gasteiger partial charge in [-0.15, -0.1) is 0 Å². The van der Waals surface area contributed by atoms with Crippen LogP contribution in [0.15, 0.2) is 71.5 Å². The Morgan fingerprint density at radius 1 is 0.870 bits per heavy atom. The first kappa shape index (κ1) is 14.5. The van der Waals surface area contributed by atoms with Gasteiger partial charge in [0.1, 0.15) is 5.69 Å². The van der Waals surface area contributed by atoms with Crippen LogP contribution < -0.4 is 10.9 Å². The molecule has 0 radical (unpaired) electrons. The van der Waals surface area contributed by atoms with Crippen molar-refractivity contribution in [2.24, 2.45) is 0 Å². The Balaban J connectivity index is 1.70. The van der Waals surface area contributed by atoms with E-state index in [4.69, 9.17) is 4.42 Å². The number of carbonyl (C=O) groups is 2.